The van der Waals surface area contributed by atoms with Gasteiger partial charge in [-0.3, -0.25) is 4.79 Å². The third-order valence-corrected chi connectivity index (χ3v) is 3.98. The number of halogens is 1. The molecule has 1 aromatic heterocycles. The van der Waals surface area contributed by atoms with Crippen LogP contribution in [-0.2, 0) is 4.79 Å². The van der Waals surface area contributed by atoms with E-state index < -0.39 is 17.3 Å². The number of carboxylic acids is 1. The van der Waals surface area contributed by atoms with E-state index in [0.717, 1.165) is 17.4 Å². The molecular weight excluding hydrogens is 324 g/mol. The highest BCUT2D eigenvalue weighted by atomic mass is 35.5. The Morgan fingerprint density at radius 1 is 1.09 bits per heavy atom. The van der Waals surface area contributed by atoms with Crippen LogP contribution in [0.25, 0.3) is 5.03 Å². The summed E-state index contributed by atoms with van der Waals surface area (Å²) in [6.45, 7) is 0. The average molecular weight is 335 g/mol. The minimum Gasteiger partial charge on any atom is -0.507 e. The second-order valence-corrected chi connectivity index (χ2v) is 5.58. The normalized spacial score (nSPS) is 12.2. The molecule has 0 atom stereocenters. The fourth-order valence-corrected chi connectivity index (χ4v) is 2.61. The molecule has 0 amide bonds. The predicted molar refractivity (Wildman–Crippen MR) is 86.3 cm³/mol. The number of carbonyl (C=O) groups is 2. The number of hydrogen-bond acceptors (Lipinski definition) is 4. The zero-order chi connectivity index (χ0) is 16.1. The van der Waals surface area contributed by atoms with E-state index in [-0.39, 0.29) is 10.8 Å². The monoisotopic (exact) mass is 334 g/mol. The van der Waals surface area contributed by atoms with Gasteiger partial charge in [0.1, 0.15) is 11.3 Å². The Bertz CT molecular complexity index is 760. The topological polar surface area (TPSA) is 74.6 Å². The molecule has 0 unspecified atom stereocenters. The molecule has 22 heavy (non-hydrogen) atoms. The lowest BCUT2D eigenvalue weighted by Gasteiger charge is -2.02. The van der Waals surface area contributed by atoms with Crippen LogP contribution in [0.15, 0.2) is 59.5 Å². The average Bonchev–Trinajstić information content (AvgIpc) is 3.01. The van der Waals surface area contributed by atoms with Crippen LogP contribution in [0.4, 0.5) is 0 Å². The van der Waals surface area contributed by atoms with Crippen LogP contribution in [0.2, 0.25) is 0 Å². The first-order chi connectivity index (χ1) is 10.5. The van der Waals surface area contributed by atoms with Crippen LogP contribution < -0.4 is 0 Å². The third-order valence-electron chi connectivity index (χ3n) is 2.78. The molecule has 4 nitrogen and oxygen atoms in total. The molecule has 1 aromatic carbocycles. The molecular formula is C16H11ClO4S. The van der Waals surface area contributed by atoms with Gasteiger partial charge < -0.3 is 10.2 Å². The van der Waals surface area contributed by atoms with Crippen molar-refractivity contribution in [3.8, 4) is 5.75 Å². The number of aliphatic carboxylic acids is 1. The summed E-state index contributed by atoms with van der Waals surface area (Å²) in [5, 5.41) is 20.7. The minimum atomic E-state index is -1.34. The number of carboxylic acid groups (broad SMARTS) is 1. The Kier molecular flexibility index (Phi) is 5.14. The number of thiophene rings is 1. The summed E-state index contributed by atoms with van der Waals surface area (Å²) in [6.07, 6.45) is 2.42. The summed E-state index contributed by atoms with van der Waals surface area (Å²) in [5.41, 5.74) is -0.0373. The molecule has 2 rings (SSSR count). The molecule has 0 bridgehead atoms. The van der Waals surface area contributed by atoms with E-state index in [1.807, 2.05) is 0 Å². The molecule has 0 spiro atoms. The van der Waals surface area contributed by atoms with Crippen molar-refractivity contribution in [2.24, 2.45) is 0 Å². The predicted octanol–water partition coefficient (Wildman–Crippen LogP) is 3.93. The molecule has 0 saturated heterocycles. The first-order valence-corrected chi connectivity index (χ1v) is 7.44. The van der Waals surface area contributed by atoms with Crippen molar-refractivity contribution in [1.82, 2.24) is 0 Å². The zero-order valence-corrected chi connectivity index (χ0v) is 12.8. The number of allylic oxidation sites excluding steroid dienone is 2. The Labute approximate surface area is 135 Å². The van der Waals surface area contributed by atoms with Gasteiger partial charge in [-0.1, -0.05) is 29.8 Å². The lowest BCUT2D eigenvalue weighted by atomic mass is 10.1. The van der Waals surface area contributed by atoms with Gasteiger partial charge in [-0.2, -0.15) is 0 Å². The Morgan fingerprint density at radius 3 is 2.41 bits per heavy atom. The van der Waals surface area contributed by atoms with Gasteiger partial charge in [-0.15, -0.1) is 11.3 Å². The molecule has 2 aromatic rings. The van der Waals surface area contributed by atoms with E-state index in [9.17, 15) is 19.8 Å². The van der Waals surface area contributed by atoms with E-state index in [1.54, 1.807) is 35.7 Å². The molecule has 2 N–H and O–H groups in total. The standard InChI is InChI=1S/C16H11ClO4S/c17-12(10-4-1-2-5-13(10)18)8-7-11(16(20)21)15(19)14-6-3-9-22-14/h1-9,18H,(H,20,21)/b11-7-,12-8-. The highest BCUT2D eigenvalue weighted by Crippen LogP contribution is 2.27. The largest absolute Gasteiger partial charge is 0.507 e. The van der Waals surface area contributed by atoms with Crippen molar-refractivity contribution >= 4 is 39.7 Å². The summed E-state index contributed by atoms with van der Waals surface area (Å²) in [7, 11) is 0. The van der Waals surface area contributed by atoms with E-state index >= 15 is 0 Å². The van der Waals surface area contributed by atoms with E-state index in [1.165, 1.54) is 12.1 Å². The van der Waals surface area contributed by atoms with Gasteiger partial charge in [-0.05, 0) is 35.7 Å². The summed E-state index contributed by atoms with van der Waals surface area (Å²) in [4.78, 5) is 23.7. The number of phenolic OH excluding ortho intramolecular Hbond substituents is 1. The number of Topliss-reactive ketones (excluding diaryl/α,β-unsaturated/α-hetero) is 1. The van der Waals surface area contributed by atoms with Crippen molar-refractivity contribution in [1.29, 1.82) is 0 Å². The van der Waals surface area contributed by atoms with Crippen LogP contribution in [0.3, 0.4) is 0 Å². The van der Waals surface area contributed by atoms with Gasteiger partial charge in [-0.25, -0.2) is 4.79 Å². The summed E-state index contributed by atoms with van der Waals surface area (Å²) in [6, 6.07) is 9.60. The summed E-state index contributed by atoms with van der Waals surface area (Å²) < 4.78 is 0. The molecule has 0 radical (unpaired) electrons. The number of ketones is 1. The van der Waals surface area contributed by atoms with Crippen LogP contribution in [0.1, 0.15) is 15.2 Å². The van der Waals surface area contributed by atoms with E-state index in [4.69, 9.17) is 11.6 Å². The van der Waals surface area contributed by atoms with E-state index in [0.29, 0.717) is 10.4 Å². The van der Waals surface area contributed by atoms with Crippen LogP contribution >= 0.6 is 22.9 Å². The molecule has 0 saturated carbocycles. The summed E-state index contributed by atoms with van der Waals surface area (Å²) in [5.74, 6) is -1.95. The summed E-state index contributed by atoms with van der Waals surface area (Å²) >= 11 is 7.21. The second-order valence-electron chi connectivity index (χ2n) is 4.22. The molecule has 1 heterocycles. The number of para-hydroxylation sites is 1. The quantitative estimate of drug-likeness (QED) is 0.286. The van der Waals surface area contributed by atoms with Gasteiger partial charge in [0.25, 0.3) is 0 Å². The van der Waals surface area contributed by atoms with E-state index in [2.05, 4.69) is 0 Å². The minimum absolute atomic E-state index is 0.0291. The smallest absolute Gasteiger partial charge is 0.339 e. The van der Waals surface area contributed by atoms with Gasteiger partial charge in [0.05, 0.1) is 9.91 Å². The molecule has 6 heteroatoms. The highest BCUT2D eigenvalue weighted by molar-refractivity contribution is 7.12. The Balaban J connectivity index is 2.35. The number of rotatable bonds is 5. The maximum Gasteiger partial charge on any atom is 0.339 e. The first kappa shape index (κ1) is 16.0. The van der Waals surface area contributed by atoms with Gasteiger partial charge in [0, 0.05) is 5.56 Å². The SMILES string of the molecule is O=C(O)/C(=C\C=C(/Cl)c1ccccc1O)C(=O)c1cccs1. The fraction of sp³-hybridized carbons (Fsp3) is 0. The Hall–Kier alpha value is -2.37. The number of phenols is 1. The molecule has 0 aliphatic rings. The van der Waals surface area contributed by atoms with Gasteiger partial charge in [0.2, 0.25) is 5.78 Å². The third kappa shape index (κ3) is 3.63. The van der Waals surface area contributed by atoms with Crippen molar-refractivity contribution in [3.63, 3.8) is 0 Å². The molecule has 112 valence electrons. The lowest BCUT2D eigenvalue weighted by molar-refractivity contribution is -0.132. The first-order valence-electron chi connectivity index (χ1n) is 6.18. The molecule has 0 aliphatic carbocycles. The maximum absolute atomic E-state index is 12.1. The Morgan fingerprint density at radius 2 is 1.82 bits per heavy atom. The molecule has 0 fully saturated rings. The highest BCUT2D eigenvalue weighted by Gasteiger charge is 2.19. The van der Waals surface area contributed by atoms with Crippen LogP contribution in [0.5, 0.6) is 5.75 Å². The number of hydrogen-bond donors (Lipinski definition) is 2. The van der Waals surface area contributed by atoms with Crippen molar-refractivity contribution < 1.29 is 19.8 Å². The van der Waals surface area contributed by atoms with Gasteiger partial charge >= 0.3 is 5.97 Å². The molecule has 0 aliphatic heterocycles. The fourth-order valence-electron chi connectivity index (χ4n) is 1.71. The van der Waals surface area contributed by atoms with Crippen molar-refractivity contribution in [2.45, 2.75) is 0 Å². The number of carbonyl (C=O) groups excluding carboxylic acids is 1. The van der Waals surface area contributed by atoms with Crippen molar-refractivity contribution in [3.05, 3.63) is 69.9 Å². The second kappa shape index (κ2) is 7.06. The number of aromatic hydroxyl groups is 1. The van der Waals surface area contributed by atoms with Crippen molar-refractivity contribution in [2.75, 3.05) is 0 Å². The lowest BCUT2D eigenvalue weighted by Crippen LogP contribution is -2.11. The van der Waals surface area contributed by atoms with Crippen LogP contribution in [-0.4, -0.2) is 22.0 Å². The van der Waals surface area contributed by atoms with Crippen LogP contribution in [0, 0.1) is 0 Å². The number of benzene rings is 1. The zero-order valence-electron chi connectivity index (χ0n) is 11.2. The maximum atomic E-state index is 12.1. The van der Waals surface area contributed by atoms with Gasteiger partial charge in [0.15, 0.2) is 0 Å².